The van der Waals surface area contributed by atoms with Crippen LogP contribution >= 0.6 is 0 Å². The fraction of sp³-hybridized carbons (Fsp3) is 0.647. The molecule has 1 aromatic rings. The first-order valence-electron chi connectivity index (χ1n) is 8.62. The van der Waals surface area contributed by atoms with Gasteiger partial charge in [-0.15, -0.1) is 0 Å². The van der Waals surface area contributed by atoms with Gasteiger partial charge in [0, 0.05) is 44.2 Å². The molecular weight excluding hydrogens is 419 g/mol. The Morgan fingerprint density at radius 3 is 2.00 bits per heavy atom. The van der Waals surface area contributed by atoms with Gasteiger partial charge in [-0.3, -0.25) is 4.90 Å². The molecule has 1 heterocycles. The Balaban J connectivity index is 2.65. The molecular formula is C17H19F9N2O. The van der Waals surface area contributed by atoms with Crippen LogP contribution in [0.5, 0.6) is 5.75 Å². The molecule has 29 heavy (non-hydrogen) atoms. The zero-order chi connectivity index (χ0) is 22.0. The summed E-state index contributed by atoms with van der Waals surface area (Å²) in [6.45, 7) is 0.938. The number of alkyl halides is 9. The Bertz CT molecular complexity index is 692. The molecule has 0 aromatic heterocycles. The summed E-state index contributed by atoms with van der Waals surface area (Å²) < 4.78 is 123. The maximum absolute atomic E-state index is 13.7. The van der Waals surface area contributed by atoms with Crippen molar-refractivity contribution in [2.24, 2.45) is 0 Å². The van der Waals surface area contributed by atoms with Crippen LogP contribution in [0.1, 0.15) is 35.6 Å². The molecule has 1 atom stereocenters. The van der Waals surface area contributed by atoms with E-state index >= 15 is 0 Å². The molecule has 1 saturated heterocycles. The number of hydrogen-bond acceptors (Lipinski definition) is 3. The molecule has 0 saturated carbocycles. The highest BCUT2D eigenvalue weighted by Gasteiger charge is 2.43. The fourth-order valence-electron chi connectivity index (χ4n) is 3.34. The molecule has 0 radical (unpaired) electrons. The van der Waals surface area contributed by atoms with Crippen LogP contribution in [0.25, 0.3) is 0 Å². The first-order valence-corrected chi connectivity index (χ1v) is 8.62. The molecule has 12 heteroatoms. The lowest BCUT2D eigenvalue weighted by atomic mass is 9.91. The van der Waals surface area contributed by atoms with Crippen LogP contribution < -0.4 is 10.1 Å². The summed E-state index contributed by atoms with van der Waals surface area (Å²) in [6.07, 6.45) is -17.1. The number of piperazine rings is 1. The van der Waals surface area contributed by atoms with Gasteiger partial charge in [0.1, 0.15) is 5.75 Å². The number of nitrogens with one attached hydrogen (secondary N) is 1. The van der Waals surface area contributed by atoms with Crippen LogP contribution in [0.2, 0.25) is 0 Å². The molecule has 1 aliphatic rings. The third kappa shape index (κ3) is 6.14. The highest BCUT2D eigenvalue weighted by Crippen LogP contribution is 2.46. The van der Waals surface area contributed by atoms with Crippen molar-refractivity contribution < 1.29 is 44.3 Å². The van der Waals surface area contributed by atoms with Gasteiger partial charge in [-0.05, 0) is 18.6 Å². The normalized spacial score (nSPS) is 18.0. The van der Waals surface area contributed by atoms with E-state index in [9.17, 15) is 39.5 Å². The van der Waals surface area contributed by atoms with E-state index in [4.69, 9.17) is 4.74 Å². The number of hydrogen-bond donors (Lipinski definition) is 1. The highest BCUT2D eigenvalue weighted by atomic mass is 19.4. The summed E-state index contributed by atoms with van der Waals surface area (Å²) in [5, 5.41) is 2.93. The average molecular weight is 438 g/mol. The smallest absolute Gasteiger partial charge is 0.416 e. The van der Waals surface area contributed by atoms with Gasteiger partial charge >= 0.3 is 18.5 Å². The molecule has 1 aliphatic heterocycles. The molecule has 0 aliphatic carbocycles. The topological polar surface area (TPSA) is 24.5 Å². The zero-order valence-corrected chi connectivity index (χ0v) is 15.2. The predicted molar refractivity (Wildman–Crippen MR) is 85.5 cm³/mol. The van der Waals surface area contributed by atoms with Crippen LogP contribution in [0.4, 0.5) is 39.5 Å². The van der Waals surface area contributed by atoms with Crippen molar-refractivity contribution in [3.8, 4) is 5.75 Å². The number of rotatable bonds is 5. The minimum Gasteiger partial charge on any atom is -0.496 e. The van der Waals surface area contributed by atoms with Crippen molar-refractivity contribution in [1.29, 1.82) is 0 Å². The van der Waals surface area contributed by atoms with Crippen molar-refractivity contribution in [2.45, 2.75) is 37.4 Å². The maximum atomic E-state index is 13.7. The van der Waals surface area contributed by atoms with Crippen molar-refractivity contribution in [1.82, 2.24) is 10.2 Å². The first-order chi connectivity index (χ1) is 13.2. The molecule has 3 nitrogen and oxygen atoms in total. The molecule has 166 valence electrons. The molecule has 1 fully saturated rings. The van der Waals surface area contributed by atoms with Crippen molar-refractivity contribution >= 4 is 0 Å². The van der Waals surface area contributed by atoms with Gasteiger partial charge in [0.25, 0.3) is 0 Å². The van der Waals surface area contributed by atoms with E-state index in [-0.39, 0.29) is 19.2 Å². The zero-order valence-electron chi connectivity index (χ0n) is 15.2. The van der Waals surface area contributed by atoms with E-state index in [1.165, 1.54) is 4.90 Å². The van der Waals surface area contributed by atoms with Gasteiger partial charge in [0.15, 0.2) is 0 Å². The Morgan fingerprint density at radius 1 is 0.966 bits per heavy atom. The lowest BCUT2D eigenvalue weighted by Crippen LogP contribution is -2.45. The Hall–Kier alpha value is -1.69. The van der Waals surface area contributed by atoms with Crippen molar-refractivity contribution in [3.05, 3.63) is 28.8 Å². The lowest BCUT2D eigenvalue weighted by molar-refractivity contribution is -0.144. The van der Waals surface area contributed by atoms with Gasteiger partial charge in [0.05, 0.1) is 18.2 Å². The molecule has 0 amide bonds. The van der Waals surface area contributed by atoms with Gasteiger partial charge in [0.2, 0.25) is 0 Å². The lowest BCUT2D eigenvalue weighted by Gasteiger charge is -2.37. The molecule has 1 aromatic carbocycles. The van der Waals surface area contributed by atoms with E-state index in [1.807, 2.05) is 0 Å². The van der Waals surface area contributed by atoms with E-state index in [2.05, 4.69) is 5.32 Å². The van der Waals surface area contributed by atoms with Gasteiger partial charge in [-0.1, -0.05) is 0 Å². The fourth-order valence-corrected chi connectivity index (χ4v) is 3.34. The standard InChI is InChI=1S/C17H19F9N2O/c1-29-13-9-10(16(21,22)23)8-11(17(24,25)26)14(13)12(2-3-15(18,19)20)28-6-4-27-5-7-28/h8-9,12,27H,2-7H2,1H3/t12-/m1/s1. The Labute approximate surface area is 160 Å². The largest absolute Gasteiger partial charge is 0.496 e. The summed E-state index contributed by atoms with van der Waals surface area (Å²) >= 11 is 0. The average Bonchev–Trinajstić information content (AvgIpc) is 2.59. The van der Waals surface area contributed by atoms with Crippen LogP contribution in [-0.2, 0) is 12.4 Å². The molecule has 1 N–H and O–H groups in total. The van der Waals surface area contributed by atoms with Crippen LogP contribution in [0.3, 0.4) is 0 Å². The monoisotopic (exact) mass is 438 g/mol. The summed E-state index contributed by atoms with van der Waals surface area (Å²) in [6, 6.07) is -1.08. The predicted octanol–water partition coefficient (Wildman–Crippen LogP) is 5.02. The number of halogens is 9. The summed E-state index contributed by atoms with van der Waals surface area (Å²) in [5.74, 6) is -0.738. The SMILES string of the molecule is COc1cc(C(F)(F)F)cc(C(F)(F)F)c1[C@@H](CCC(F)(F)F)N1CCNCC1. The van der Waals surface area contributed by atoms with Crippen LogP contribution in [-0.4, -0.2) is 44.4 Å². The summed E-state index contributed by atoms with van der Waals surface area (Å²) in [7, 11) is 0.887. The minimum atomic E-state index is -5.21. The summed E-state index contributed by atoms with van der Waals surface area (Å²) in [4.78, 5) is 1.41. The Kier molecular flexibility index (Phi) is 6.98. The molecule has 0 unspecified atom stereocenters. The van der Waals surface area contributed by atoms with E-state index < -0.39 is 59.9 Å². The molecule has 0 spiro atoms. The molecule has 0 bridgehead atoms. The number of ether oxygens (including phenoxy) is 1. The summed E-state index contributed by atoms with van der Waals surface area (Å²) in [5.41, 5.74) is -3.94. The van der Waals surface area contributed by atoms with E-state index in [0.717, 1.165) is 7.11 Å². The van der Waals surface area contributed by atoms with Gasteiger partial charge < -0.3 is 10.1 Å². The first kappa shape index (κ1) is 23.6. The second-order valence-corrected chi connectivity index (χ2v) is 6.59. The van der Waals surface area contributed by atoms with Crippen molar-refractivity contribution in [2.75, 3.05) is 33.3 Å². The highest BCUT2D eigenvalue weighted by molar-refractivity contribution is 5.48. The Morgan fingerprint density at radius 2 is 1.55 bits per heavy atom. The number of methoxy groups -OCH3 is 1. The van der Waals surface area contributed by atoms with Gasteiger partial charge in [-0.25, -0.2) is 0 Å². The second kappa shape index (κ2) is 8.58. The maximum Gasteiger partial charge on any atom is 0.416 e. The van der Waals surface area contributed by atoms with E-state index in [0.29, 0.717) is 19.2 Å². The van der Waals surface area contributed by atoms with Crippen molar-refractivity contribution in [3.63, 3.8) is 0 Å². The molecule has 2 rings (SSSR count). The number of benzene rings is 1. The third-order valence-corrected chi connectivity index (χ3v) is 4.62. The van der Waals surface area contributed by atoms with Gasteiger partial charge in [-0.2, -0.15) is 39.5 Å². The quantitative estimate of drug-likeness (QED) is 0.654. The number of nitrogens with zero attached hydrogens (tertiary/aromatic N) is 1. The van der Waals surface area contributed by atoms with E-state index in [1.54, 1.807) is 0 Å². The third-order valence-electron chi connectivity index (χ3n) is 4.62. The second-order valence-electron chi connectivity index (χ2n) is 6.59. The van der Waals surface area contributed by atoms with Crippen LogP contribution in [0.15, 0.2) is 12.1 Å². The minimum absolute atomic E-state index is 0.0688. The van der Waals surface area contributed by atoms with Crippen LogP contribution in [0, 0.1) is 0 Å².